The van der Waals surface area contributed by atoms with Crippen LogP contribution < -0.4 is 0 Å². The molecule has 1 unspecified atom stereocenters. The number of rotatable bonds is 44. The molecule has 0 aromatic carbocycles. The van der Waals surface area contributed by atoms with E-state index in [1.54, 1.807) is 0 Å². The van der Waals surface area contributed by atoms with Crippen molar-refractivity contribution < 1.29 is 28.6 Å². The normalized spacial score (nSPS) is 13.2. The van der Waals surface area contributed by atoms with Gasteiger partial charge < -0.3 is 14.2 Å². The SMILES string of the molecule is CC/C=C\C/C=C\C/C=C\CCCCC(=O)OCC(COC(=O)CCCCCCC\C=C/C=C\C=C/C=C\CCCCC)OC(=O)CCC/C=C\C/C=C\C/C=C\C/C=C\CCCCC. The highest BCUT2D eigenvalue weighted by Gasteiger charge is 2.19. The number of hydrogen-bond donors (Lipinski definition) is 0. The van der Waals surface area contributed by atoms with Crippen molar-refractivity contribution in [3.05, 3.63) is 134 Å². The molecule has 6 heteroatoms. The number of carbonyl (C=O) groups excluding carboxylic acids is 3. The molecule has 0 aliphatic rings. The van der Waals surface area contributed by atoms with Gasteiger partial charge in [-0.25, -0.2) is 0 Å². The summed E-state index contributed by atoms with van der Waals surface area (Å²) in [5.41, 5.74) is 0. The fourth-order valence-corrected chi connectivity index (χ4v) is 6.34. The van der Waals surface area contributed by atoms with Crippen LogP contribution in [0, 0.1) is 0 Å². The van der Waals surface area contributed by atoms with Crippen LogP contribution in [-0.2, 0) is 28.6 Å². The largest absolute Gasteiger partial charge is 0.462 e. The first kappa shape index (κ1) is 60.5. The first-order valence-corrected chi connectivity index (χ1v) is 25.7. The van der Waals surface area contributed by atoms with Crippen LogP contribution >= 0.6 is 0 Å². The smallest absolute Gasteiger partial charge is 0.306 e. The van der Waals surface area contributed by atoms with E-state index in [0.717, 1.165) is 103 Å². The summed E-state index contributed by atoms with van der Waals surface area (Å²) in [6.07, 6.45) is 72.9. The van der Waals surface area contributed by atoms with Gasteiger partial charge in [-0.05, 0) is 116 Å². The first-order valence-electron chi connectivity index (χ1n) is 25.7. The van der Waals surface area contributed by atoms with E-state index in [1.807, 2.05) is 0 Å². The minimum absolute atomic E-state index is 0.129. The Morgan fingerprint density at radius 2 is 0.677 bits per heavy atom. The van der Waals surface area contributed by atoms with Gasteiger partial charge in [-0.1, -0.05) is 199 Å². The van der Waals surface area contributed by atoms with Crippen molar-refractivity contribution >= 4 is 17.9 Å². The van der Waals surface area contributed by atoms with Crippen LogP contribution in [0.3, 0.4) is 0 Å². The Bertz CT molecular complexity index is 1450. The summed E-state index contributed by atoms with van der Waals surface area (Å²) in [6.45, 7) is 6.33. The Labute approximate surface area is 398 Å². The molecule has 0 aromatic rings. The molecule has 0 amide bonds. The van der Waals surface area contributed by atoms with Crippen LogP contribution in [0.25, 0.3) is 0 Å². The van der Waals surface area contributed by atoms with E-state index in [9.17, 15) is 14.4 Å². The maximum absolute atomic E-state index is 12.8. The fourth-order valence-electron chi connectivity index (χ4n) is 6.34. The van der Waals surface area contributed by atoms with E-state index in [1.165, 1.54) is 44.9 Å². The third-order valence-corrected chi connectivity index (χ3v) is 10.2. The average Bonchev–Trinajstić information content (AvgIpc) is 3.30. The summed E-state index contributed by atoms with van der Waals surface area (Å²) >= 11 is 0. The predicted octanol–water partition coefficient (Wildman–Crippen LogP) is 17.1. The van der Waals surface area contributed by atoms with Crippen molar-refractivity contribution in [1.29, 1.82) is 0 Å². The maximum atomic E-state index is 12.8. The van der Waals surface area contributed by atoms with Gasteiger partial charge in [0.05, 0.1) is 0 Å². The molecule has 1 atom stereocenters. The molecule has 65 heavy (non-hydrogen) atoms. The van der Waals surface area contributed by atoms with Crippen LogP contribution in [-0.4, -0.2) is 37.2 Å². The summed E-state index contributed by atoms with van der Waals surface area (Å²) in [4.78, 5) is 37.9. The van der Waals surface area contributed by atoms with E-state index in [4.69, 9.17) is 14.2 Å². The minimum Gasteiger partial charge on any atom is -0.462 e. The van der Waals surface area contributed by atoms with Crippen LogP contribution in [0.15, 0.2) is 134 Å². The van der Waals surface area contributed by atoms with Gasteiger partial charge in [0.25, 0.3) is 0 Å². The highest BCUT2D eigenvalue weighted by molar-refractivity contribution is 5.71. The van der Waals surface area contributed by atoms with Crippen LogP contribution in [0.5, 0.6) is 0 Å². The van der Waals surface area contributed by atoms with E-state index in [0.29, 0.717) is 19.3 Å². The topological polar surface area (TPSA) is 78.9 Å². The Morgan fingerprint density at radius 3 is 1.15 bits per heavy atom. The number of carbonyl (C=O) groups is 3. The highest BCUT2D eigenvalue weighted by Crippen LogP contribution is 2.11. The molecule has 0 spiro atoms. The highest BCUT2D eigenvalue weighted by atomic mass is 16.6. The zero-order valence-electron chi connectivity index (χ0n) is 41.4. The lowest BCUT2D eigenvalue weighted by atomic mass is 10.1. The van der Waals surface area contributed by atoms with E-state index in [2.05, 4.69) is 154 Å². The maximum Gasteiger partial charge on any atom is 0.306 e. The van der Waals surface area contributed by atoms with E-state index in [-0.39, 0.29) is 44.0 Å². The van der Waals surface area contributed by atoms with Crippen LogP contribution in [0.2, 0.25) is 0 Å². The Balaban J connectivity index is 4.59. The lowest BCUT2D eigenvalue weighted by Crippen LogP contribution is -2.30. The number of hydrogen-bond acceptors (Lipinski definition) is 6. The van der Waals surface area contributed by atoms with Crippen molar-refractivity contribution in [1.82, 2.24) is 0 Å². The molecule has 6 nitrogen and oxygen atoms in total. The first-order chi connectivity index (χ1) is 32.0. The molecule has 0 saturated heterocycles. The Hall–Kier alpha value is -4.45. The molecule has 0 bridgehead atoms. The van der Waals surface area contributed by atoms with Crippen molar-refractivity contribution in [2.45, 2.75) is 207 Å². The number of ether oxygens (including phenoxy) is 3. The fraction of sp³-hybridized carbons (Fsp3) is 0.576. The summed E-state index contributed by atoms with van der Waals surface area (Å²) in [5, 5.41) is 0. The molecule has 0 N–H and O–H groups in total. The molecule has 0 aliphatic heterocycles. The molecule has 0 radical (unpaired) electrons. The zero-order valence-corrected chi connectivity index (χ0v) is 41.4. The third kappa shape index (κ3) is 50.4. The van der Waals surface area contributed by atoms with E-state index < -0.39 is 6.10 Å². The second kappa shape index (κ2) is 52.2. The van der Waals surface area contributed by atoms with E-state index >= 15 is 0 Å². The zero-order chi connectivity index (χ0) is 47.2. The molecule has 0 aliphatic carbocycles. The lowest BCUT2D eigenvalue weighted by Gasteiger charge is -2.18. The molecule has 0 heterocycles. The molecule has 0 fully saturated rings. The van der Waals surface area contributed by atoms with Gasteiger partial charge in [-0.3, -0.25) is 14.4 Å². The van der Waals surface area contributed by atoms with Gasteiger partial charge in [0, 0.05) is 19.3 Å². The standard InChI is InChI=1S/C59H92O6/c1-4-7-10-13-16-19-22-25-27-29-31-32-34-37-40-43-46-49-52-58(61)64-55-56(54-63-57(60)51-48-45-42-39-36-24-21-18-15-12-9-6-3)65-59(62)53-50-47-44-41-38-35-33-30-28-26-23-20-17-14-11-8-5-2/h9,12,16-22,25-29,31-33,35-36,39,41,44,56H,4-8,10-11,13-15,23-24,30,34,37-38,40,42-43,45-55H2,1-3H3/b12-9-,19-16-,20-17-,21-18-,25-22-,28-26-,29-27-,32-31-,35-33-,39-36-,44-41-. The van der Waals surface area contributed by atoms with Crippen molar-refractivity contribution in [2.75, 3.05) is 13.2 Å². The van der Waals surface area contributed by atoms with Gasteiger partial charge in [-0.15, -0.1) is 0 Å². The molecule has 0 rings (SSSR count). The lowest BCUT2D eigenvalue weighted by molar-refractivity contribution is -0.167. The van der Waals surface area contributed by atoms with Gasteiger partial charge in [-0.2, -0.15) is 0 Å². The van der Waals surface area contributed by atoms with Gasteiger partial charge >= 0.3 is 17.9 Å². The quantitative estimate of drug-likeness (QED) is 0.0199. The van der Waals surface area contributed by atoms with Crippen LogP contribution in [0.1, 0.15) is 201 Å². The second-order valence-corrected chi connectivity index (χ2v) is 16.4. The number of unbranched alkanes of at least 4 members (excludes halogenated alkanes) is 14. The minimum atomic E-state index is -0.837. The van der Waals surface area contributed by atoms with Gasteiger partial charge in [0.1, 0.15) is 13.2 Å². The molecular weight excluding hydrogens is 805 g/mol. The molecular formula is C59H92O6. The Kier molecular flexibility index (Phi) is 48.6. The monoisotopic (exact) mass is 897 g/mol. The predicted molar refractivity (Wildman–Crippen MR) is 279 cm³/mol. The number of esters is 3. The van der Waals surface area contributed by atoms with Gasteiger partial charge in [0.15, 0.2) is 6.10 Å². The second-order valence-electron chi connectivity index (χ2n) is 16.4. The van der Waals surface area contributed by atoms with Crippen molar-refractivity contribution in [2.24, 2.45) is 0 Å². The van der Waals surface area contributed by atoms with Crippen LogP contribution in [0.4, 0.5) is 0 Å². The molecule has 0 aromatic heterocycles. The summed E-state index contributed by atoms with van der Waals surface area (Å²) < 4.78 is 16.7. The number of allylic oxidation sites excluding steroid dienone is 22. The Morgan fingerprint density at radius 1 is 0.338 bits per heavy atom. The molecule has 364 valence electrons. The van der Waals surface area contributed by atoms with Gasteiger partial charge in [0.2, 0.25) is 0 Å². The third-order valence-electron chi connectivity index (χ3n) is 10.2. The summed E-state index contributed by atoms with van der Waals surface area (Å²) in [6, 6.07) is 0. The average molecular weight is 897 g/mol. The molecule has 0 saturated carbocycles. The van der Waals surface area contributed by atoms with Crippen molar-refractivity contribution in [3.8, 4) is 0 Å². The van der Waals surface area contributed by atoms with Crippen molar-refractivity contribution in [3.63, 3.8) is 0 Å². The summed E-state index contributed by atoms with van der Waals surface area (Å²) in [5.74, 6) is -1.06. The summed E-state index contributed by atoms with van der Waals surface area (Å²) in [7, 11) is 0.